The first-order valence-corrected chi connectivity index (χ1v) is 11.2. The van der Waals surface area contributed by atoms with Crippen LogP contribution in [0.15, 0.2) is 39.7 Å². The highest BCUT2D eigenvalue weighted by molar-refractivity contribution is 5.80. The van der Waals surface area contributed by atoms with E-state index in [1.807, 2.05) is 30.1 Å². The molecule has 0 atom stereocenters. The second-order valence-corrected chi connectivity index (χ2v) is 8.18. The first-order valence-electron chi connectivity index (χ1n) is 11.2. The summed E-state index contributed by atoms with van der Waals surface area (Å²) in [6.07, 6.45) is 4.37. The number of carbonyl (C=O) groups excluding carboxylic acids is 1. The van der Waals surface area contributed by atoms with E-state index < -0.39 is 0 Å². The van der Waals surface area contributed by atoms with E-state index in [1.54, 1.807) is 0 Å². The lowest BCUT2D eigenvalue weighted by molar-refractivity contribution is -0.133. The van der Waals surface area contributed by atoms with Crippen LogP contribution in [0.25, 0.3) is 11.0 Å². The molecule has 2 aliphatic heterocycles. The maximum atomic E-state index is 12.5. The van der Waals surface area contributed by atoms with Gasteiger partial charge in [-0.25, -0.2) is 0 Å². The molecule has 162 valence electrons. The summed E-state index contributed by atoms with van der Waals surface area (Å²) in [5.41, 5.74) is 0.937. The zero-order valence-corrected chi connectivity index (χ0v) is 18.0. The van der Waals surface area contributed by atoms with E-state index in [9.17, 15) is 4.79 Å². The minimum atomic E-state index is 0.288. The predicted octanol–water partition coefficient (Wildman–Crippen LogP) is 2.18. The number of carbonyl (C=O) groups is 1. The minimum absolute atomic E-state index is 0.288. The summed E-state index contributed by atoms with van der Waals surface area (Å²) < 4.78 is 5.89. The van der Waals surface area contributed by atoms with Gasteiger partial charge >= 0.3 is 0 Å². The first-order chi connectivity index (χ1) is 14.7. The molecule has 7 heteroatoms. The third-order valence-corrected chi connectivity index (χ3v) is 6.08. The van der Waals surface area contributed by atoms with E-state index in [1.165, 1.54) is 6.42 Å². The van der Waals surface area contributed by atoms with Gasteiger partial charge in [-0.15, -0.1) is 0 Å². The lowest BCUT2D eigenvalue weighted by Gasteiger charge is -2.37. The Bertz CT molecular complexity index is 830. The monoisotopic (exact) mass is 411 g/mol. The standard InChI is InChI=1S/C23H33N5O2/c1-24-23(25-10-9-20-17-19-7-3-4-8-21(19)30-20)28-15-13-26(14-16-28)18-22(29)27-11-5-2-6-12-27/h3-4,7-8,17H,2,5-6,9-16,18H2,1H3,(H,24,25). The zero-order chi connectivity index (χ0) is 20.8. The molecule has 2 aliphatic rings. The smallest absolute Gasteiger partial charge is 0.236 e. The number of hydrogen-bond acceptors (Lipinski definition) is 4. The Morgan fingerprint density at radius 2 is 1.80 bits per heavy atom. The molecular weight excluding hydrogens is 378 g/mol. The molecule has 4 rings (SSSR count). The normalized spacial score (nSPS) is 18.8. The molecule has 0 saturated carbocycles. The van der Waals surface area contributed by atoms with Gasteiger partial charge in [-0.1, -0.05) is 18.2 Å². The van der Waals surface area contributed by atoms with Crippen LogP contribution in [-0.4, -0.2) is 86.0 Å². The van der Waals surface area contributed by atoms with E-state index in [2.05, 4.69) is 32.2 Å². The van der Waals surface area contributed by atoms with E-state index in [-0.39, 0.29) is 5.91 Å². The lowest BCUT2D eigenvalue weighted by Crippen LogP contribution is -2.54. The molecule has 1 amide bonds. The number of likely N-dealkylation sites (tertiary alicyclic amines) is 1. The van der Waals surface area contributed by atoms with Crippen molar-refractivity contribution in [2.45, 2.75) is 25.7 Å². The maximum Gasteiger partial charge on any atom is 0.236 e. The fourth-order valence-corrected chi connectivity index (χ4v) is 4.34. The van der Waals surface area contributed by atoms with Gasteiger partial charge in [-0.3, -0.25) is 14.7 Å². The van der Waals surface area contributed by atoms with Crippen LogP contribution in [-0.2, 0) is 11.2 Å². The number of amides is 1. The maximum absolute atomic E-state index is 12.5. The second-order valence-electron chi connectivity index (χ2n) is 8.18. The molecule has 0 radical (unpaired) electrons. The second kappa shape index (κ2) is 9.98. The molecule has 0 spiro atoms. The van der Waals surface area contributed by atoms with Gasteiger partial charge in [0.1, 0.15) is 11.3 Å². The topological polar surface area (TPSA) is 64.3 Å². The van der Waals surface area contributed by atoms with Gasteiger partial charge < -0.3 is 19.5 Å². The van der Waals surface area contributed by atoms with Gasteiger partial charge in [0.2, 0.25) is 5.91 Å². The lowest BCUT2D eigenvalue weighted by atomic mass is 10.1. The first kappa shape index (κ1) is 20.7. The van der Waals surface area contributed by atoms with Crippen LogP contribution in [0, 0.1) is 0 Å². The van der Waals surface area contributed by atoms with Crippen molar-refractivity contribution in [3.8, 4) is 0 Å². The van der Waals surface area contributed by atoms with Crippen molar-refractivity contribution in [2.24, 2.45) is 4.99 Å². The van der Waals surface area contributed by atoms with Crippen LogP contribution in [0.3, 0.4) is 0 Å². The zero-order valence-electron chi connectivity index (χ0n) is 18.0. The number of fused-ring (bicyclic) bond motifs is 1. The average molecular weight is 412 g/mol. The van der Waals surface area contributed by atoms with Crippen molar-refractivity contribution in [2.75, 3.05) is 59.4 Å². The molecule has 7 nitrogen and oxygen atoms in total. The summed E-state index contributed by atoms with van der Waals surface area (Å²) in [7, 11) is 1.83. The summed E-state index contributed by atoms with van der Waals surface area (Å²) in [6.45, 7) is 6.75. The Morgan fingerprint density at radius 3 is 2.53 bits per heavy atom. The van der Waals surface area contributed by atoms with Crippen molar-refractivity contribution in [3.63, 3.8) is 0 Å². The SMILES string of the molecule is CN=C(NCCc1cc2ccccc2o1)N1CCN(CC(=O)N2CCCCC2)CC1. The van der Waals surface area contributed by atoms with Gasteiger partial charge in [-0.2, -0.15) is 0 Å². The van der Waals surface area contributed by atoms with Crippen molar-refractivity contribution in [1.29, 1.82) is 0 Å². The van der Waals surface area contributed by atoms with E-state index in [0.717, 1.165) is 87.8 Å². The molecule has 1 aromatic heterocycles. The molecule has 0 unspecified atom stereocenters. The number of rotatable bonds is 5. The van der Waals surface area contributed by atoms with Crippen molar-refractivity contribution >= 4 is 22.8 Å². The molecule has 30 heavy (non-hydrogen) atoms. The number of guanidine groups is 1. The van der Waals surface area contributed by atoms with Crippen LogP contribution < -0.4 is 5.32 Å². The Balaban J connectivity index is 1.20. The summed E-state index contributed by atoms with van der Waals surface area (Å²) in [5.74, 6) is 2.20. The van der Waals surface area contributed by atoms with Crippen LogP contribution in [0.2, 0.25) is 0 Å². The average Bonchev–Trinajstić information content (AvgIpc) is 3.21. The molecule has 2 saturated heterocycles. The predicted molar refractivity (Wildman–Crippen MR) is 120 cm³/mol. The summed E-state index contributed by atoms with van der Waals surface area (Å²) >= 11 is 0. The van der Waals surface area contributed by atoms with Crippen LogP contribution in [0.1, 0.15) is 25.0 Å². The number of para-hydroxylation sites is 1. The molecule has 2 fully saturated rings. The Labute approximate surface area is 178 Å². The van der Waals surface area contributed by atoms with Gasteiger partial charge in [0, 0.05) is 64.7 Å². The van der Waals surface area contributed by atoms with Gasteiger partial charge in [0.15, 0.2) is 5.96 Å². The Hall–Kier alpha value is -2.54. The molecular formula is C23H33N5O2. The quantitative estimate of drug-likeness (QED) is 0.604. The largest absolute Gasteiger partial charge is 0.461 e. The number of piperidine rings is 1. The highest BCUT2D eigenvalue weighted by Crippen LogP contribution is 2.18. The van der Waals surface area contributed by atoms with Gasteiger partial charge in [-0.05, 0) is 31.4 Å². The number of nitrogens with one attached hydrogen (secondary N) is 1. The minimum Gasteiger partial charge on any atom is -0.461 e. The number of piperazine rings is 1. The fourth-order valence-electron chi connectivity index (χ4n) is 4.34. The number of furan rings is 1. The number of benzene rings is 1. The van der Waals surface area contributed by atoms with Crippen LogP contribution >= 0.6 is 0 Å². The van der Waals surface area contributed by atoms with Crippen molar-refractivity contribution in [3.05, 3.63) is 36.1 Å². The third-order valence-electron chi connectivity index (χ3n) is 6.08. The Morgan fingerprint density at radius 1 is 1.03 bits per heavy atom. The molecule has 1 aromatic carbocycles. The summed E-state index contributed by atoms with van der Waals surface area (Å²) in [4.78, 5) is 23.5. The number of hydrogen-bond donors (Lipinski definition) is 1. The third kappa shape index (κ3) is 5.14. The summed E-state index contributed by atoms with van der Waals surface area (Å²) in [5, 5.41) is 4.61. The van der Waals surface area contributed by atoms with E-state index in [4.69, 9.17) is 4.42 Å². The van der Waals surface area contributed by atoms with Crippen molar-refractivity contribution in [1.82, 2.24) is 20.0 Å². The molecule has 2 aromatic rings. The Kier molecular flexibility index (Phi) is 6.89. The molecule has 1 N–H and O–H groups in total. The van der Waals surface area contributed by atoms with E-state index >= 15 is 0 Å². The van der Waals surface area contributed by atoms with Gasteiger partial charge in [0.25, 0.3) is 0 Å². The van der Waals surface area contributed by atoms with Crippen LogP contribution in [0.5, 0.6) is 0 Å². The van der Waals surface area contributed by atoms with E-state index in [0.29, 0.717) is 6.54 Å². The van der Waals surface area contributed by atoms with Gasteiger partial charge in [0.05, 0.1) is 6.54 Å². The molecule has 0 aliphatic carbocycles. The molecule has 0 bridgehead atoms. The summed E-state index contributed by atoms with van der Waals surface area (Å²) in [6, 6.07) is 10.2. The van der Waals surface area contributed by atoms with Crippen LogP contribution in [0.4, 0.5) is 0 Å². The molecule has 3 heterocycles. The van der Waals surface area contributed by atoms with Crippen molar-refractivity contribution < 1.29 is 9.21 Å². The number of nitrogens with zero attached hydrogens (tertiary/aromatic N) is 4. The highest BCUT2D eigenvalue weighted by Gasteiger charge is 2.24. The number of aliphatic imine (C=N–C) groups is 1. The fraction of sp³-hybridized carbons (Fsp3) is 0.565. The highest BCUT2D eigenvalue weighted by atomic mass is 16.3.